The Morgan fingerprint density at radius 1 is 1.26 bits per heavy atom. The highest BCUT2D eigenvalue weighted by Crippen LogP contribution is 2.40. The molecule has 2 heterocycles. The summed E-state index contributed by atoms with van der Waals surface area (Å²) >= 11 is 0. The van der Waals surface area contributed by atoms with Crippen molar-refractivity contribution in [3.05, 3.63) is 23.9 Å². The Labute approximate surface area is 111 Å². The van der Waals surface area contributed by atoms with Crippen molar-refractivity contribution in [3.63, 3.8) is 0 Å². The molecule has 0 radical (unpaired) electrons. The summed E-state index contributed by atoms with van der Waals surface area (Å²) in [5.41, 5.74) is 0.447. The number of nitrogens with zero attached hydrogens (tertiary/aromatic N) is 1. The van der Waals surface area contributed by atoms with Crippen molar-refractivity contribution in [3.8, 4) is 5.88 Å². The van der Waals surface area contributed by atoms with Crippen molar-refractivity contribution >= 4 is 0 Å². The molecule has 2 fully saturated rings. The maximum Gasteiger partial charge on any atom is 0.265 e. The minimum Gasteiger partial charge on any atom is -0.474 e. The Balaban J connectivity index is 1.54. The van der Waals surface area contributed by atoms with Gasteiger partial charge in [-0.05, 0) is 37.2 Å². The fourth-order valence-corrected chi connectivity index (χ4v) is 2.91. The number of halogens is 2. The summed E-state index contributed by atoms with van der Waals surface area (Å²) in [5.74, 6) is 0.456. The average Bonchev–Trinajstić information content (AvgIpc) is 2.38. The maximum absolute atomic E-state index is 12.4. The van der Waals surface area contributed by atoms with Gasteiger partial charge in [-0.1, -0.05) is 0 Å². The van der Waals surface area contributed by atoms with Crippen molar-refractivity contribution in [1.29, 1.82) is 0 Å². The first kappa shape index (κ1) is 12.8. The van der Waals surface area contributed by atoms with Gasteiger partial charge in [-0.15, -0.1) is 0 Å². The van der Waals surface area contributed by atoms with Gasteiger partial charge in [0.25, 0.3) is 6.43 Å². The average molecular weight is 268 g/mol. The highest BCUT2D eigenvalue weighted by molar-refractivity contribution is 5.19. The summed E-state index contributed by atoms with van der Waals surface area (Å²) < 4.78 is 30.6. The Bertz CT molecular complexity index is 422. The van der Waals surface area contributed by atoms with Gasteiger partial charge in [-0.3, -0.25) is 0 Å². The molecule has 1 aromatic rings. The molecule has 3 rings (SSSR count). The van der Waals surface area contributed by atoms with Gasteiger partial charge in [0, 0.05) is 30.9 Å². The summed E-state index contributed by atoms with van der Waals surface area (Å²) in [4.78, 5) is 3.95. The van der Waals surface area contributed by atoms with E-state index in [1.165, 1.54) is 31.2 Å². The zero-order valence-electron chi connectivity index (χ0n) is 10.7. The number of nitrogens with one attached hydrogen (secondary N) is 1. The highest BCUT2D eigenvalue weighted by atomic mass is 19.3. The van der Waals surface area contributed by atoms with Crippen molar-refractivity contribution in [2.24, 2.45) is 5.41 Å². The fraction of sp³-hybridized carbons (Fsp3) is 0.643. The Morgan fingerprint density at radius 3 is 2.47 bits per heavy atom. The Hall–Kier alpha value is -1.23. The van der Waals surface area contributed by atoms with Gasteiger partial charge in [0.05, 0.1) is 0 Å². The molecule has 1 spiro atoms. The van der Waals surface area contributed by atoms with E-state index >= 15 is 0 Å². The lowest BCUT2D eigenvalue weighted by molar-refractivity contribution is 0.0401. The highest BCUT2D eigenvalue weighted by Gasteiger charge is 2.40. The molecule has 1 aliphatic carbocycles. The SMILES string of the molecule is FC(F)c1ccc(OC2CCC3(CC2)CNC3)nc1. The number of hydrogen-bond acceptors (Lipinski definition) is 3. The molecule has 1 saturated heterocycles. The molecular weight excluding hydrogens is 250 g/mol. The molecule has 0 atom stereocenters. The lowest BCUT2D eigenvalue weighted by Crippen LogP contribution is -2.55. The first-order valence-electron chi connectivity index (χ1n) is 6.78. The molecule has 1 N–H and O–H groups in total. The van der Waals surface area contributed by atoms with Gasteiger partial charge in [-0.25, -0.2) is 13.8 Å². The lowest BCUT2D eigenvalue weighted by Gasteiger charge is -2.47. The summed E-state index contributed by atoms with van der Waals surface area (Å²) in [5, 5.41) is 3.33. The third-order valence-electron chi connectivity index (χ3n) is 4.29. The molecule has 0 unspecified atom stereocenters. The second kappa shape index (κ2) is 5.04. The normalized spacial score (nSPS) is 22.5. The summed E-state index contributed by atoms with van der Waals surface area (Å²) in [7, 11) is 0. The molecule has 0 bridgehead atoms. The first-order chi connectivity index (χ1) is 9.17. The zero-order chi connectivity index (χ0) is 13.3. The van der Waals surface area contributed by atoms with E-state index in [4.69, 9.17) is 4.74 Å². The molecule has 5 heteroatoms. The Kier molecular flexibility index (Phi) is 3.39. The van der Waals surface area contributed by atoms with Crippen LogP contribution in [0.1, 0.15) is 37.7 Å². The van der Waals surface area contributed by atoms with Gasteiger partial charge in [-0.2, -0.15) is 0 Å². The van der Waals surface area contributed by atoms with Crippen LogP contribution in [-0.4, -0.2) is 24.2 Å². The molecule has 1 saturated carbocycles. The molecule has 19 heavy (non-hydrogen) atoms. The number of aromatic nitrogens is 1. The standard InChI is InChI=1S/C14H18F2N2O/c15-13(16)10-1-2-12(18-7-10)19-11-3-5-14(6-4-11)8-17-9-14/h1-2,7,11,13,17H,3-6,8-9H2. The van der Waals surface area contributed by atoms with E-state index in [0.717, 1.165) is 25.9 Å². The van der Waals surface area contributed by atoms with Crippen LogP contribution in [0.4, 0.5) is 8.78 Å². The topological polar surface area (TPSA) is 34.1 Å². The van der Waals surface area contributed by atoms with E-state index < -0.39 is 6.43 Å². The fourth-order valence-electron chi connectivity index (χ4n) is 2.91. The number of rotatable bonds is 3. The molecule has 0 amide bonds. The van der Waals surface area contributed by atoms with Crippen molar-refractivity contribution in [1.82, 2.24) is 10.3 Å². The number of pyridine rings is 1. The second-order valence-electron chi connectivity index (χ2n) is 5.65. The van der Waals surface area contributed by atoms with E-state index in [1.54, 1.807) is 0 Å². The summed E-state index contributed by atoms with van der Waals surface area (Å²) in [6.07, 6.45) is 3.32. The van der Waals surface area contributed by atoms with Gasteiger partial charge < -0.3 is 10.1 Å². The van der Waals surface area contributed by atoms with Gasteiger partial charge in [0.1, 0.15) is 6.10 Å². The van der Waals surface area contributed by atoms with Crippen LogP contribution in [-0.2, 0) is 0 Å². The smallest absolute Gasteiger partial charge is 0.265 e. The van der Waals surface area contributed by atoms with Crippen molar-refractivity contribution in [2.75, 3.05) is 13.1 Å². The van der Waals surface area contributed by atoms with E-state index in [9.17, 15) is 8.78 Å². The molecule has 1 aliphatic heterocycles. The van der Waals surface area contributed by atoms with E-state index in [0.29, 0.717) is 11.3 Å². The maximum atomic E-state index is 12.4. The van der Waals surface area contributed by atoms with Crippen LogP contribution in [0.5, 0.6) is 5.88 Å². The monoisotopic (exact) mass is 268 g/mol. The second-order valence-corrected chi connectivity index (χ2v) is 5.65. The zero-order valence-corrected chi connectivity index (χ0v) is 10.7. The number of ether oxygens (including phenoxy) is 1. The predicted octanol–water partition coefficient (Wildman–Crippen LogP) is 2.93. The lowest BCUT2D eigenvalue weighted by atomic mass is 9.69. The van der Waals surface area contributed by atoms with Crippen LogP contribution >= 0.6 is 0 Å². The van der Waals surface area contributed by atoms with Crippen LogP contribution in [0.2, 0.25) is 0 Å². The molecule has 3 nitrogen and oxygen atoms in total. The Morgan fingerprint density at radius 2 is 2.00 bits per heavy atom. The quantitative estimate of drug-likeness (QED) is 0.915. The van der Waals surface area contributed by atoms with Crippen LogP contribution in [0.15, 0.2) is 18.3 Å². The van der Waals surface area contributed by atoms with Crippen molar-refractivity contribution < 1.29 is 13.5 Å². The third kappa shape index (κ3) is 2.71. The molecular formula is C14H18F2N2O. The van der Waals surface area contributed by atoms with E-state index in [1.807, 2.05) is 0 Å². The van der Waals surface area contributed by atoms with E-state index in [2.05, 4.69) is 10.3 Å². The predicted molar refractivity (Wildman–Crippen MR) is 67.4 cm³/mol. The van der Waals surface area contributed by atoms with Gasteiger partial charge in [0.2, 0.25) is 5.88 Å². The molecule has 1 aromatic heterocycles. The molecule has 104 valence electrons. The summed E-state index contributed by atoms with van der Waals surface area (Å²) in [6, 6.07) is 2.92. The van der Waals surface area contributed by atoms with Gasteiger partial charge >= 0.3 is 0 Å². The van der Waals surface area contributed by atoms with Crippen molar-refractivity contribution in [2.45, 2.75) is 38.2 Å². The number of alkyl halides is 2. The number of hydrogen-bond donors (Lipinski definition) is 1. The third-order valence-corrected chi connectivity index (χ3v) is 4.29. The largest absolute Gasteiger partial charge is 0.474 e. The van der Waals surface area contributed by atoms with Gasteiger partial charge in [0.15, 0.2) is 0 Å². The first-order valence-corrected chi connectivity index (χ1v) is 6.78. The minimum atomic E-state index is -2.47. The van der Waals surface area contributed by atoms with Crippen LogP contribution in [0.25, 0.3) is 0 Å². The molecule has 2 aliphatic rings. The van der Waals surface area contributed by atoms with E-state index in [-0.39, 0.29) is 11.7 Å². The summed E-state index contributed by atoms with van der Waals surface area (Å²) in [6.45, 7) is 2.25. The van der Waals surface area contributed by atoms with Crippen LogP contribution in [0.3, 0.4) is 0 Å². The van der Waals surface area contributed by atoms with Crippen LogP contribution in [0, 0.1) is 5.41 Å². The van der Waals surface area contributed by atoms with Crippen LogP contribution < -0.4 is 10.1 Å². The minimum absolute atomic E-state index is 0.0597. The molecule has 0 aromatic carbocycles.